The van der Waals surface area contributed by atoms with Crippen LogP contribution in [0.25, 0.3) is 0 Å². The Balaban J connectivity index is 2.03. The lowest BCUT2D eigenvalue weighted by atomic mass is 9.86. The number of halogens is 3. The SMILES string of the molecule is O=C(COC(=O)C1CCC1)Nc1ccc(C(F)(F)F)cc1[N+](=O)[O-]. The van der Waals surface area contributed by atoms with Gasteiger partial charge in [-0.15, -0.1) is 0 Å². The standard InChI is InChI=1S/C14H13F3N2O5/c15-14(16,17)9-4-5-10(11(6-9)19(22)23)18-12(20)7-24-13(21)8-2-1-3-8/h4-6,8H,1-3,7H2,(H,18,20). The number of ether oxygens (including phenoxy) is 1. The van der Waals surface area contributed by atoms with Crippen molar-refractivity contribution < 1.29 is 32.4 Å². The Hall–Kier alpha value is -2.65. The van der Waals surface area contributed by atoms with E-state index in [4.69, 9.17) is 4.74 Å². The molecule has 0 aromatic heterocycles. The highest BCUT2D eigenvalue weighted by Crippen LogP contribution is 2.35. The fraction of sp³-hybridized carbons (Fsp3) is 0.429. The molecule has 0 spiro atoms. The molecule has 0 aliphatic heterocycles. The molecule has 24 heavy (non-hydrogen) atoms. The topological polar surface area (TPSA) is 98.5 Å². The van der Waals surface area contributed by atoms with Gasteiger partial charge in [0, 0.05) is 6.07 Å². The largest absolute Gasteiger partial charge is 0.455 e. The first kappa shape index (κ1) is 17.7. The molecule has 0 heterocycles. The summed E-state index contributed by atoms with van der Waals surface area (Å²) in [4.78, 5) is 33.0. The van der Waals surface area contributed by atoms with Crippen molar-refractivity contribution in [1.29, 1.82) is 0 Å². The van der Waals surface area contributed by atoms with Gasteiger partial charge in [-0.1, -0.05) is 6.42 Å². The minimum absolute atomic E-state index is 0.238. The van der Waals surface area contributed by atoms with E-state index in [2.05, 4.69) is 5.32 Å². The molecule has 7 nitrogen and oxygen atoms in total. The maximum Gasteiger partial charge on any atom is 0.416 e. The number of carbonyl (C=O) groups excluding carboxylic acids is 2. The van der Waals surface area contributed by atoms with Crippen LogP contribution in [0.3, 0.4) is 0 Å². The zero-order chi connectivity index (χ0) is 17.9. The number of hydrogen-bond donors (Lipinski definition) is 1. The number of nitro groups is 1. The predicted molar refractivity (Wildman–Crippen MR) is 75.0 cm³/mol. The quantitative estimate of drug-likeness (QED) is 0.502. The Kier molecular flexibility index (Phi) is 5.05. The molecule has 1 N–H and O–H groups in total. The van der Waals surface area contributed by atoms with E-state index in [1.165, 1.54) is 0 Å². The molecule has 0 radical (unpaired) electrons. The number of nitrogens with zero attached hydrogens (tertiary/aromatic N) is 1. The summed E-state index contributed by atoms with van der Waals surface area (Å²) in [5.74, 6) is -1.64. The van der Waals surface area contributed by atoms with Crippen LogP contribution in [0.1, 0.15) is 24.8 Å². The summed E-state index contributed by atoms with van der Waals surface area (Å²) in [6.07, 6.45) is -2.47. The van der Waals surface area contributed by atoms with E-state index in [0.29, 0.717) is 25.0 Å². The molecular weight excluding hydrogens is 333 g/mol. The van der Waals surface area contributed by atoms with E-state index in [0.717, 1.165) is 12.5 Å². The van der Waals surface area contributed by atoms with Crippen LogP contribution in [0.15, 0.2) is 18.2 Å². The van der Waals surface area contributed by atoms with Crippen LogP contribution < -0.4 is 5.32 Å². The van der Waals surface area contributed by atoms with Crippen LogP contribution in [-0.4, -0.2) is 23.4 Å². The number of alkyl halides is 3. The summed E-state index contributed by atoms with van der Waals surface area (Å²) >= 11 is 0. The smallest absolute Gasteiger partial charge is 0.416 e. The molecule has 1 fully saturated rings. The van der Waals surface area contributed by atoms with Crippen LogP contribution in [0.4, 0.5) is 24.5 Å². The highest BCUT2D eigenvalue weighted by molar-refractivity contribution is 5.95. The molecule has 1 amide bonds. The van der Waals surface area contributed by atoms with Crippen LogP contribution >= 0.6 is 0 Å². The number of nitro benzene ring substituents is 1. The molecule has 1 aliphatic rings. The fourth-order valence-corrected chi connectivity index (χ4v) is 2.05. The van der Waals surface area contributed by atoms with E-state index >= 15 is 0 Å². The van der Waals surface area contributed by atoms with Crippen molar-refractivity contribution >= 4 is 23.3 Å². The third-order valence-electron chi connectivity index (χ3n) is 3.58. The molecule has 0 bridgehead atoms. The minimum Gasteiger partial charge on any atom is -0.455 e. The summed E-state index contributed by atoms with van der Waals surface area (Å²) in [6, 6.07) is 1.73. The van der Waals surface area contributed by atoms with Gasteiger partial charge in [-0.05, 0) is 25.0 Å². The molecule has 0 unspecified atom stereocenters. The zero-order valence-corrected chi connectivity index (χ0v) is 12.3. The average Bonchev–Trinajstić information content (AvgIpc) is 2.42. The van der Waals surface area contributed by atoms with Crippen LogP contribution in [0.5, 0.6) is 0 Å². The van der Waals surface area contributed by atoms with Crippen molar-refractivity contribution in [3.8, 4) is 0 Å². The van der Waals surface area contributed by atoms with Gasteiger partial charge in [0.25, 0.3) is 11.6 Å². The molecule has 10 heteroatoms. The Bertz CT molecular complexity index is 671. The van der Waals surface area contributed by atoms with Crippen molar-refractivity contribution in [3.63, 3.8) is 0 Å². The first-order valence-corrected chi connectivity index (χ1v) is 7.00. The number of nitrogens with one attached hydrogen (secondary N) is 1. The second kappa shape index (κ2) is 6.85. The van der Waals surface area contributed by atoms with Crippen LogP contribution in [0, 0.1) is 16.0 Å². The Morgan fingerprint density at radius 2 is 2.00 bits per heavy atom. The highest BCUT2D eigenvalue weighted by atomic mass is 19.4. The normalized spacial score (nSPS) is 14.6. The number of carbonyl (C=O) groups is 2. The van der Waals surface area contributed by atoms with Gasteiger partial charge < -0.3 is 10.1 Å². The van der Waals surface area contributed by atoms with Crippen molar-refractivity contribution in [2.24, 2.45) is 5.92 Å². The van der Waals surface area contributed by atoms with Gasteiger partial charge in [0.05, 0.1) is 16.4 Å². The Morgan fingerprint density at radius 1 is 1.33 bits per heavy atom. The van der Waals surface area contributed by atoms with Crippen molar-refractivity contribution in [2.45, 2.75) is 25.4 Å². The van der Waals surface area contributed by atoms with Crippen molar-refractivity contribution in [2.75, 3.05) is 11.9 Å². The number of amides is 1. The van der Waals surface area contributed by atoms with Gasteiger partial charge in [0.2, 0.25) is 0 Å². The lowest BCUT2D eigenvalue weighted by Gasteiger charge is -2.22. The van der Waals surface area contributed by atoms with Gasteiger partial charge in [-0.2, -0.15) is 13.2 Å². The predicted octanol–water partition coefficient (Wildman–Crippen LogP) is 2.90. The molecule has 1 saturated carbocycles. The Labute approximate surface area is 133 Å². The fourth-order valence-electron chi connectivity index (χ4n) is 2.05. The van der Waals surface area contributed by atoms with E-state index < -0.39 is 46.5 Å². The molecule has 0 saturated heterocycles. The van der Waals surface area contributed by atoms with Gasteiger partial charge >= 0.3 is 12.1 Å². The maximum atomic E-state index is 12.6. The van der Waals surface area contributed by atoms with Gasteiger partial charge in [0.15, 0.2) is 6.61 Å². The van der Waals surface area contributed by atoms with Gasteiger partial charge in [-0.25, -0.2) is 0 Å². The Morgan fingerprint density at radius 3 is 2.50 bits per heavy atom. The first-order chi connectivity index (χ1) is 11.2. The second-order valence-corrected chi connectivity index (χ2v) is 5.27. The van der Waals surface area contributed by atoms with Gasteiger partial charge in [0.1, 0.15) is 5.69 Å². The number of anilines is 1. The molecule has 130 valence electrons. The number of esters is 1. The van der Waals surface area contributed by atoms with E-state index in [1.807, 2.05) is 0 Å². The minimum atomic E-state index is -4.74. The summed E-state index contributed by atoms with van der Waals surface area (Å²) < 4.78 is 42.5. The summed E-state index contributed by atoms with van der Waals surface area (Å²) in [5.41, 5.74) is -2.51. The summed E-state index contributed by atoms with van der Waals surface area (Å²) in [7, 11) is 0. The second-order valence-electron chi connectivity index (χ2n) is 5.27. The average molecular weight is 346 g/mol. The number of hydrogen-bond acceptors (Lipinski definition) is 5. The zero-order valence-electron chi connectivity index (χ0n) is 12.3. The summed E-state index contributed by atoms with van der Waals surface area (Å²) in [6.45, 7) is -0.659. The molecule has 2 rings (SSSR count). The molecule has 1 aromatic rings. The lowest BCUT2D eigenvalue weighted by molar-refractivity contribution is -0.384. The van der Waals surface area contributed by atoms with E-state index in [-0.39, 0.29) is 5.92 Å². The lowest BCUT2D eigenvalue weighted by Crippen LogP contribution is -2.28. The summed E-state index contributed by atoms with van der Waals surface area (Å²) in [5, 5.41) is 13.0. The van der Waals surface area contributed by atoms with E-state index in [9.17, 15) is 32.9 Å². The molecular formula is C14H13F3N2O5. The number of rotatable bonds is 5. The monoisotopic (exact) mass is 346 g/mol. The molecule has 0 atom stereocenters. The van der Waals surface area contributed by atoms with Crippen LogP contribution in [0.2, 0.25) is 0 Å². The van der Waals surface area contributed by atoms with Gasteiger partial charge in [-0.3, -0.25) is 19.7 Å². The van der Waals surface area contributed by atoms with Crippen LogP contribution in [-0.2, 0) is 20.5 Å². The first-order valence-electron chi connectivity index (χ1n) is 7.00. The molecule has 1 aromatic carbocycles. The third-order valence-corrected chi connectivity index (χ3v) is 3.58. The number of benzene rings is 1. The van der Waals surface area contributed by atoms with Crippen molar-refractivity contribution in [1.82, 2.24) is 0 Å². The van der Waals surface area contributed by atoms with Crippen molar-refractivity contribution in [3.05, 3.63) is 33.9 Å². The van der Waals surface area contributed by atoms with E-state index in [1.54, 1.807) is 0 Å². The third kappa shape index (κ3) is 4.21. The highest BCUT2D eigenvalue weighted by Gasteiger charge is 2.33. The maximum absolute atomic E-state index is 12.6. The molecule has 1 aliphatic carbocycles.